The van der Waals surface area contributed by atoms with Gasteiger partial charge in [-0.15, -0.1) is 11.3 Å². The van der Waals surface area contributed by atoms with Gasteiger partial charge in [0.25, 0.3) is 5.91 Å². The molecule has 0 bridgehead atoms. The zero-order valence-electron chi connectivity index (χ0n) is 17.6. The maximum absolute atomic E-state index is 13.2. The van der Waals surface area contributed by atoms with E-state index >= 15 is 0 Å². The Morgan fingerprint density at radius 2 is 1.97 bits per heavy atom. The Morgan fingerprint density at radius 1 is 1.20 bits per heavy atom. The molecule has 1 aliphatic rings. The minimum absolute atomic E-state index is 0.00542. The van der Waals surface area contributed by atoms with Gasteiger partial charge in [-0.05, 0) is 25.8 Å². The van der Waals surface area contributed by atoms with Crippen molar-refractivity contribution in [2.75, 3.05) is 19.1 Å². The summed E-state index contributed by atoms with van der Waals surface area (Å²) in [5.41, 5.74) is 0.673. The second kappa shape index (κ2) is 10.4. The standard InChI is InChI=1S/C22H28N2O5S/c1-15(29-20(25)13-16-9-10-18(27-2)14-19(16)28-3)21(26)24(22-23-11-12-30-22)17-7-5-4-6-8-17/h9-12,14-15,17H,4-8,13H2,1-3H3. The summed E-state index contributed by atoms with van der Waals surface area (Å²) in [4.78, 5) is 31.8. The van der Waals surface area contributed by atoms with Crippen molar-refractivity contribution < 1.29 is 23.8 Å². The van der Waals surface area contributed by atoms with Crippen LogP contribution in [0, 0.1) is 0 Å². The van der Waals surface area contributed by atoms with Crippen LogP contribution in [-0.2, 0) is 20.7 Å². The number of rotatable bonds is 8. The highest BCUT2D eigenvalue weighted by molar-refractivity contribution is 7.13. The number of aromatic nitrogens is 1. The van der Waals surface area contributed by atoms with Crippen LogP contribution < -0.4 is 14.4 Å². The average molecular weight is 433 g/mol. The van der Waals surface area contributed by atoms with Crippen LogP contribution in [-0.4, -0.2) is 43.2 Å². The molecule has 8 heteroatoms. The third-order valence-electron chi connectivity index (χ3n) is 5.29. The Balaban J connectivity index is 1.68. The van der Waals surface area contributed by atoms with E-state index in [-0.39, 0.29) is 18.4 Å². The fourth-order valence-corrected chi connectivity index (χ4v) is 4.46. The zero-order chi connectivity index (χ0) is 21.5. The third kappa shape index (κ3) is 5.30. The molecule has 0 saturated heterocycles. The first-order chi connectivity index (χ1) is 14.5. The van der Waals surface area contributed by atoms with Gasteiger partial charge in [-0.1, -0.05) is 25.3 Å². The molecular formula is C22H28N2O5S. The minimum atomic E-state index is -0.896. The van der Waals surface area contributed by atoms with Crippen molar-refractivity contribution in [3.05, 3.63) is 35.3 Å². The molecule has 162 valence electrons. The molecule has 7 nitrogen and oxygen atoms in total. The molecule has 1 heterocycles. The largest absolute Gasteiger partial charge is 0.497 e. The first-order valence-electron chi connectivity index (χ1n) is 10.2. The zero-order valence-corrected chi connectivity index (χ0v) is 18.4. The summed E-state index contributed by atoms with van der Waals surface area (Å²) in [5, 5.41) is 2.51. The summed E-state index contributed by atoms with van der Waals surface area (Å²) in [5.74, 6) is 0.463. The minimum Gasteiger partial charge on any atom is -0.497 e. The van der Waals surface area contributed by atoms with E-state index in [0.29, 0.717) is 22.2 Å². The Morgan fingerprint density at radius 3 is 2.60 bits per heavy atom. The molecule has 1 saturated carbocycles. The van der Waals surface area contributed by atoms with Gasteiger partial charge in [-0.25, -0.2) is 4.98 Å². The van der Waals surface area contributed by atoms with Crippen molar-refractivity contribution >= 4 is 28.3 Å². The maximum atomic E-state index is 13.2. The number of esters is 1. The smallest absolute Gasteiger partial charge is 0.311 e. The van der Waals surface area contributed by atoms with Gasteiger partial charge in [0.2, 0.25) is 0 Å². The number of carbonyl (C=O) groups excluding carboxylic acids is 2. The van der Waals surface area contributed by atoms with Crippen molar-refractivity contribution in [2.24, 2.45) is 0 Å². The molecule has 1 fully saturated rings. The summed E-state index contributed by atoms with van der Waals surface area (Å²) in [6, 6.07) is 5.33. The molecule has 1 aromatic carbocycles. The molecule has 3 rings (SSSR count). The van der Waals surface area contributed by atoms with Crippen LogP contribution in [0.2, 0.25) is 0 Å². The molecule has 1 amide bonds. The van der Waals surface area contributed by atoms with Gasteiger partial charge in [0, 0.05) is 29.2 Å². The highest BCUT2D eigenvalue weighted by atomic mass is 32.1. The van der Waals surface area contributed by atoms with Gasteiger partial charge in [0.05, 0.1) is 20.6 Å². The van der Waals surface area contributed by atoms with Crippen LogP contribution in [0.4, 0.5) is 5.13 Å². The van der Waals surface area contributed by atoms with Crippen molar-refractivity contribution in [1.29, 1.82) is 0 Å². The number of ether oxygens (including phenoxy) is 3. The first kappa shape index (κ1) is 22.1. The quantitative estimate of drug-likeness (QED) is 0.587. The highest BCUT2D eigenvalue weighted by Gasteiger charge is 2.33. The number of nitrogens with zero attached hydrogens (tertiary/aromatic N) is 2. The number of hydrogen-bond donors (Lipinski definition) is 0. The van der Waals surface area contributed by atoms with E-state index < -0.39 is 12.1 Å². The van der Waals surface area contributed by atoms with Gasteiger partial charge in [0.15, 0.2) is 11.2 Å². The molecule has 0 N–H and O–H groups in total. The van der Waals surface area contributed by atoms with E-state index in [1.165, 1.54) is 24.9 Å². The van der Waals surface area contributed by atoms with E-state index in [9.17, 15) is 9.59 Å². The van der Waals surface area contributed by atoms with Gasteiger partial charge >= 0.3 is 5.97 Å². The van der Waals surface area contributed by atoms with E-state index in [0.717, 1.165) is 25.7 Å². The van der Waals surface area contributed by atoms with Crippen molar-refractivity contribution in [3.8, 4) is 11.5 Å². The van der Waals surface area contributed by atoms with Crippen LogP contribution >= 0.6 is 11.3 Å². The predicted molar refractivity (Wildman–Crippen MR) is 115 cm³/mol. The number of carbonyl (C=O) groups is 2. The Kier molecular flexibility index (Phi) is 7.68. The maximum Gasteiger partial charge on any atom is 0.311 e. The van der Waals surface area contributed by atoms with Crippen molar-refractivity contribution in [3.63, 3.8) is 0 Å². The van der Waals surface area contributed by atoms with Gasteiger partial charge in [-0.3, -0.25) is 14.5 Å². The number of methoxy groups -OCH3 is 2. The van der Waals surface area contributed by atoms with E-state index in [2.05, 4.69) is 4.98 Å². The molecule has 1 unspecified atom stereocenters. The molecule has 1 aliphatic carbocycles. The summed E-state index contributed by atoms with van der Waals surface area (Å²) in [6.45, 7) is 1.62. The Hall–Kier alpha value is -2.61. The van der Waals surface area contributed by atoms with Crippen molar-refractivity contribution in [1.82, 2.24) is 4.98 Å². The average Bonchev–Trinajstić information content (AvgIpc) is 3.29. The van der Waals surface area contributed by atoms with Crippen LogP contribution in [0.25, 0.3) is 0 Å². The predicted octanol–water partition coefficient (Wildman–Crippen LogP) is 4.00. The third-order valence-corrected chi connectivity index (χ3v) is 6.06. The second-order valence-corrected chi connectivity index (χ2v) is 8.17. The summed E-state index contributed by atoms with van der Waals surface area (Å²) < 4.78 is 16.0. The van der Waals surface area contributed by atoms with Gasteiger partial charge in [0.1, 0.15) is 11.5 Å². The number of hydrogen-bond acceptors (Lipinski definition) is 7. The Bertz CT molecular complexity index is 849. The molecular weight excluding hydrogens is 404 g/mol. The topological polar surface area (TPSA) is 78.0 Å². The lowest BCUT2D eigenvalue weighted by Crippen LogP contribution is -2.47. The lowest BCUT2D eigenvalue weighted by Gasteiger charge is -2.33. The Labute approximate surface area is 181 Å². The molecule has 30 heavy (non-hydrogen) atoms. The fraction of sp³-hybridized carbons (Fsp3) is 0.500. The lowest BCUT2D eigenvalue weighted by molar-refractivity contribution is -0.153. The summed E-state index contributed by atoms with van der Waals surface area (Å²) in [7, 11) is 3.10. The number of benzene rings is 1. The molecule has 0 radical (unpaired) electrons. The van der Waals surface area contributed by atoms with E-state index in [1.54, 1.807) is 43.3 Å². The molecule has 0 aliphatic heterocycles. The number of anilines is 1. The normalized spacial score (nSPS) is 15.3. The fourth-order valence-electron chi connectivity index (χ4n) is 3.74. The van der Waals surface area contributed by atoms with Gasteiger partial charge < -0.3 is 14.2 Å². The van der Waals surface area contributed by atoms with Crippen LogP contribution in [0.15, 0.2) is 29.8 Å². The monoisotopic (exact) mass is 432 g/mol. The van der Waals surface area contributed by atoms with E-state index in [1.807, 2.05) is 5.38 Å². The van der Waals surface area contributed by atoms with Crippen molar-refractivity contribution in [2.45, 2.75) is 57.6 Å². The van der Waals surface area contributed by atoms with Crippen LogP contribution in [0.3, 0.4) is 0 Å². The molecule has 2 aromatic rings. The molecule has 0 spiro atoms. The van der Waals surface area contributed by atoms with Crippen LogP contribution in [0.5, 0.6) is 11.5 Å². The summed E-state index contributed by atoms with van der Waals surface area (Å²) in [6.07, 6.45) is 6.04. The van der Waals surface area contributed by atoms with E-state index in [4.69, 9.17) is 14.2 Å². The number of amides is 1. The molecule has 1 aromatic heterocycles. The molecule has 1 atom stereocenters. The van der Waals surface area contributed by atoms with Crippen LogP contribution in [0.1, 0.15) is 44.6 Å². The highest BCUT2D eigenvalue weighted by Crippen LogP contribution is 2.30. The summed E-state index contributed by atoms with van der Waals surface area (Å²) >= 11 is 1.43. The SMILES string of the molecule is COc1ccc(CC(=O)OC(C)C(=O)N(c2nccs2)C2CCCCC2)c(OC)c1. The second-order valence-electron chi connectivity index (χ2n) is 7.30. The van der Waals surface area contributed by atoms with Gasteiger partial charge in [-0.2, -0.15) is 0 Å². The number of thiazole rings is 1. The first-order valence-corrected chi connectivity index (χ1v) is 11.0. The lowest BCUT2D eigenvalue weighted by atomic mass is 9.94.